The highest BCUT2D eigenvalue weighted by atomic mass is 35.5. The normalized spacial score (nSPS) is 22.4. The summed E-state index contributed by atoms with van der Waals surface area (Å²) in [6, 6.07) is 1.55. The summed E-state index contributed by atoms with van der Waals surface area (Å²) in [5.41, 5.74) is 0.808. The SMILES string of the molecule is Cc1cc(S(=O)(=O)N2CCCCCC2CCl)sc1Cl. The van der Waals surface area contributed by atoms with Crippen LogP contribution in [0.3, 0.4) is 0 Å². The van der Waals surface area contributed by atoms with Crippen LogP contribution in [-0.2, 0) is 10.0 Å². The first-order valence-electron chi connectivity index (χ1n) is 6.30. The Hall–Kier alpha value is 0.190. The maximum atomic E-state index is 12.7. The van der Waals surface area contributed by atoms with Crippen LogP contribution in [0.5, 0.6) is 0 Å². The minimum absolute atomic E-state index is 0.102. The van der Waals surface area contributed by atoms with Crippen LogP contribution >= 0.6 is 34.5 Å². The highest BCUT2D eigenvalue weighted by Gasteiger charge is 2.33. The second-order valence-corrected chi connectivity index (χ2v) is 8.88. The molecule has 0 aliphatic carbocycles. The molecule has 2 heterocycles. The minimum Gasteiger partial charge on any atom is -0.206 e. The van der Waals surface area contributed by atoms with E-state index in [1.165, 1.54) is 0 Å². The molecule has 2 rings (SSSR count). The molecule has 0 saturated carbocycles. The van der Waals surface area contributed by atoms with Crippen molar-refractivity contribution < 1.29 is 8.42 Å². The lowest BCUT2D eigenvalue weighted by atomic mass is 10.1. The van der Waals surface area contributed by atoms with Crippen LogP contribution in [0, 0.1) is 6.92 Å². The van der Waals surface area contributed by atoms with Crippen LogP contribution in [0.25, 0.3) is 0 Å². The van der Waals surface area contributed by atoms with Gasteiger partial charge in [0, 0.05) is 18.5 Å². The van der Waals surface area contributed by atoms with Gasteiger partial charge >= 0.3 is 0 Å². The standard InChI is InChI=1S/C12H17Cl2NO2S2/c1-9-7-11(18-12(9)14)19(16,17)15-6-4-2-3-5-10(15)8-13/h7,10H,2-6,8H2,1H3. The van der Waals surface area contributed by atoms with Crippen molar-refractivity contribution in [1.29, 1.82) is 0 Å². The highest BCUT2D eigenvalue weighted by Crippen LogP contribution is 2.34. The van der Waals surface area contributed by atoms with Crippen LogP contribution in [-0.4, -0.2) is 31.2 Å². The summed E-state index contributed by atoms with van der Waals surface area (Å²) in [5.74, 6) is 0.345. The van der Waals surface area contributed by atoms with Crippen LogP contribution in [0.15, 0.2) is 10.3 Å². The predicted octanol–water partition coefficient (Wildman–Crippen LogP) is 3.88. The Labute approximate surface area is 128 Å². The lowest BCUT2D eigenvalue weighted by Gasteiger charge is -2.26. The summed E-state index contributed by atoms with van der Waals surface area (Å²) >= 11 is 13.1. The van der Waals surface area contributed by atoms with Gasteiger partial charge in [0.25, 0.3) is 10.0 Å². The van der Waals surface area contributed by atoms with Crippen molar-refractivity contribution in [3.8, 4) is 0 Å². The molecular formula is C12H17Cl2NO2S2. The Morgan fingerprint density at radius 3 is 2.74 bits per heavy atom. The number of hydrogen-bond donors (Lipinski definition) is 0. The number of aryl methyl sites for hydroxylation is 1. The molecule has 108 valence electrons. The zero-order chi connectivity index (χ0) is 14.0. The second kappa shape index (κ2) is 6.31. The largest absolute Gasteiger partial charge is 0.252 e. The maximum Gasteiger partial charge on any atom is 0.252 e. The van der Waals surface area contributed by atoms with E-state index in [2.05, 4.69) is 0 Å². The Morgan fingerprint density at radius 2 is 2.16 bits per heavy atom. The highest BCUT2D eigenvalue weighted by molar-refractivity contribution is 7.91. The van der Waals surface area contributed by atoms with Gasteiger partial charge in [-0.05, 0) is 31.4 Å². The van der Waals surface area contributed by atoms with Crippen LogP contribution in [0.1, 0.15) is 31.2 Å². The Kier molecular flexibility index (Phi) is 5.17. The molecule has 1 saturated heterocycles. The van der Waals surface area contributed by atoms with Crippen molar-refractivity contribution >= 4 is 44.6 Å². The molecule has 3 nitrogen and oxygen atoms in total. The van der Waals surface area contributed by atoms with Crippen LogP contribution < -0.4 is 0 Å². The van der Waals surface area contributed by atoms with Crippen LogP contribution in [0.2, 0.25) is 4.34 Å². The van der Waals surface area contributed by atoms with Gasteiger partial charge in [-0.25, -0.2) is 8.42 Å². The Morgan fingerprint density at radius 1 is 1.42 bits per heavy atom. The summed E-state index contributed by atoms with van der Waals surface area (Å²) in [4.78, 5) is 0. The molecule has 1 fully saturated rings. The zero-order valence-corrected chi connectivity index (χ0v) is 13.9. The van der Waals surface area contributed by atoms with Crippen molar-refractivity contribution in [1.82, 2.24) is 4.31 Å². The first kappa shape index (κ1) is 15.6. The minimum atomic E-state index is -3.47. The first-order chi connectivity index (χ1) is 8.96. The topological polar surface area (TPSA) is 37.4 Å². The quantitative estimate of drug-likeness (QED) is 0.782. The molecule has 7 heteroatoms. The van der Waals surface area contributed by atoms with E-state index in [4.69, 9.17) is 23.2 Å². The smallest absolute Gasteiger partial charge is 0.206 e. The molecule has 0 amide bonds. The van der Waals surface area contributed by atoms with Gasteiger partial charge in [0.15, 0.2) is 0 Å². The number of nitrogens with zero attached hydrogens (tertiary/aromatic N) is 1. The molecule has 0 bridgehead atoms. The number of alkyl halides is 1. The molecule has 1 aliphatic heterocycles. The third kappa shape index (κ3) is 3.27. The fourth-order valence-corrected chi connectivity index (χ4v) is 6.23. The van der Waals surface area contributed by atoms with Crippen molar-refractivity contribution in [2.24, 2.45) is 0 Å². The number of halogens is 2. The first-order valence-corrected chi connectivity index (χ1v) is 9.47. The number of thiophene rings is 1. The summed E-state index contributed by atoms with van der Waals surface area (Å²) in [6.07, 6.45) is 3.82. The summed E-state index contributed by atoms with van der Waals surface area (Å²) in [7, 11) is -3.47. The molecule has 1 aromatic heterocycles. The van der Waals surface area contributed by atoms with E-state index in [1.54, 1.807) is 10.4 Å². The van der Waals surface area contributed by atoms with Gasteiger partial charge in [-0.1, -0.05) is 24.4 Å². The lowest BCUT2D eigenvalue weighted by molar-refractivity contribution is 0.346. The van der Waals surface area contributed by atoms with Crippen molar-refractivity contribution in [3.05, 3.63) is 16.0 Å². The third-order valence-electron chi connectivity index (χ3n) is 3.40. The molecule has 1 aromatic rings. The fraction of sp³-hybridized carbons (Fsp3) is 0.667. The third-order valence-corrected chi connectivity index (χ3v) is 7.71. The summed E-state index contributed by atoms with van der Waals surface area (Å²) < 4.78 is 27.8. The number of sulfonamides is 1. The van der Waals surface area contributed by atoms with Gasteiger partial charge in [-0.3, -0.25) is 0 Å². The Balaban J connectivity index is 2.35. The van der Waals surface area contributed by atoms with Gasteiger partial charge < -0.3 is 0 Å². The average Bonchev–Trinajstić information content (AvgIpc) is 2.61. The summed E-state index contributed by atoms with van der Waals surface area (Å²) in [6.45, 7) is 2.37. The Bertz CT molecular complexity index is 522. The molecule has 0 N–H and O–H groups in total. The van der Waals surface area contributed by atoms with E-state index >= 15 is 0 Å². The predicted molar refractivity (Wildman–Crippen MR) is 80.9 cm³/mol. The molecule has 19 heavy (non-hydrogen) atoms. The van der Waals surface area contributed by atoms with Gasteiger partial charge in [-0.15, -0.1) is 22.9 Å². The number of hydrogen-bond acceptors (Lipinski definition) is 3. The molecule has 0 aromatic carbocycles. The van der Waals surface area contributed by atoms with Gasteiger partial charge in [0.1, 0.15) is 4.21 Å². The summed E-state index contributed by atoms with van der Waals surface area (Å²) in [5, 5.41) is 0. The fourth-order valence-electron chi connectivity index (χ4n) is 2.30. The molecule has 1 atom stereocenters. The average molecular weight is 342 g/mol. The van der Waals surface area contributed by atoms with Crippen molar-refractivity contribution in [2.75, 3.05) is 12.4 Å². The second-order valence-electron chi connectivity index (χ2n) is 4.80. The van der Waals surface area contributed by atoms with E-state index in [0.717, 1.165) is 42.6 Å². The van der Waals surface area contributed by atoms with E-state index in [0.29, 0.717) is 21.0 Å². The van der Waals surface area contributed by atoms with E-state index in [9.17, 15) is 8.42 Å². The van der Waals surface area contributed by atoms with E-state index in [-0.39, 0.29) is 6.04 Å². The van der Waals surface area contributed by atoms with Crippen molar-refractivity contribution in [2.45, 2.75) is 42.9 Å². The van der Waals surface area contributed by atoms with Gasteiger partial charge in [-0.2, -0.15) is 4.31 Å². The van der Waals surface area contributed by atoms with E-state index in [1.807, 2.05) is 6.92 Å². The van der Waals surface area contributed by atoms with Crippen LogP contribution in [0.4, 0.5) is 0 Å². The molecule has 0 spiro atoms. The zero-order valence-electron chi connectivity index (χ0n) is 10.7. The number of rotatable bonds is 3. The molecule has 0 radical (unpaired) electrons. The molecule has 1 unspecified atom stereocenters. The van der Waals surface area contributed by atoms with Crippen molar-refractivity contribution in [3.63, 3.8) is 0 Å². The maximum absolute atomic E-state index is 12.7. The van der Waals surface area contributed by atoms with Gasteiger partial charge in [0.2, 0.25) is 0 Å². The molecule has 1 aliphatic rings. The monoisotopic (exact) mass is 341 g/mol. The van der Waals surface area contributed by atoms with Gasteiger partial charge in [0.05, 0.1) is 4.34 Å². The lowest BCUT2D eigenvalue weighted by Crippen LogP contribution is -2.40. The van der Waals surface area contributed by atoms with E-state index < -0.39 is 10.0 Å². The molecular weight excluding hydrogens is 325 g/mol.